The van der Waals surface area contributed by atoms with Gasteiger partial charge in [-0.3, -0.25) is 9.59 Å². The molecule has 0 saturated heterocycles. The van der Waals surface area contributed by atoms with Crippen molar-refractivity contribution in [1.29, 1.82) is 0 Å². The van der Waals surface area contributed by atoms with E-state index in [4.69, 9.17) is 10.5 Å². The van der Waals surface area contributed by atoms with Crippen molar-refractivity contribution < 1.29 is 14.3 Å². The monoisotopic (exact) mass is 367 g/mol. The molecule has 142 valence electrons. The topological polar surface area (TPSA) is 93.4 Å². The lowest BCUT2D eigenvalue weighted by Crippen LogP contribution is -2.24. The van der Waals surface area contributed by atoms with Crippen LogP contribution in [0.2, 0.25) is 0 Å². The van der Waals surface area contributed by atoms with Crippen LogP contribution in [0, 0.1) is 5.92 Å². The van der Waals surface area contributed by atoms with Gasteiger partial charge in [0.1, 0.15) is 5.75 Å². The summed E-state index contributed by atoms with van der Waals surface area (Å²) < 4.78 is 5.16. The molecule has 1 fully saturated rings. The Balaban J connectivity index is 1.69. The van der Waals surface area contributed by atoms with Crippen LogP contribution in [-0.4, -0.2) is 18.9 Å². The first-order valence-corrected chi connectivity index (χ1v) is 9.22. The van der Waals surface area contributed by atoms with Gasteiger partial charge in [-0.05, 0) is 43.2 Å². The highest BCUT2D eigenvalue weighted by Crippen LogP contribution is 2.26. The van der Waals surface area contributed by atoms with Gasteiger partial charge in [0.15, 0.2) is 0 Å². The van der Waals surface area contributed by atoms with E-state index in [1.165, 1.54) is 6.42 Å². The average Bonchev–Trinajstić information content (AvgIpc) is 2.70. The SMILES string of the molecule is COc1ccc(N)c(NC(=O)c2cccc(NC(=O)C3CCCCC3)c2)c1. The fraction of sp³-hybridized carbons (Fsp3) is 0.333. The lowest BCUT2D eigenvalue weighted by Gasteiger charge is -2.20. The van der Waals surface area contributed by atoms with Gasteiger partial charge in [-0.15, -0.1) is 0 Å². The van der Waals surface area contributed by atoms with Crippen molar-refractivity contribution >= 4 is 28.9 Å². The molecule has 3 rings (SSSR count). The first-order valence-electron chi connectivity index (χ1n) is 9.22. The van der Waals surface area contributed by atoms with Gasteiger partial charge in [0.05, 0.1) is 18.5 Å². The maximum absolute atomic E-state index is 12.6. The van der Waals surface area contributed by atoms with Gasteiger partial charge in [-0.25, -0.2) is 0 Å². The van der Waals surface area contributed by atoms with Crippen molar-refractivity contribution in [1.82, 2.24) is 0 Å². The van der Waals surface area contributed by atoms with E-state index in [1.807, 2.05) is 0 Å². The molecule has 6 heteroatoms. The highest BCUT2D eigenvalue weighted by atomic mass is 16.5. The zero-order chi connectivity index (χ0) is 19.2. The van der Waals surface area contributed by atoms with Crippen molar-refractivity contribution in [3.05, 3.63) is 48.0 Å². The first-order chi connectivity index (χ1) is 13.1. The molecule has 4 N–H and O–H groups in total. The summed E-state index contributed by atoms with van der Waals surface area (Å²) in [6.45, 7) is 0. The second-order valence-electron chi connectivity index (χ2n) is 6.81. The van der Waals surface area contributed by atoms with Gasteiger partial charge < -0.3 is 21.1 Å². The molecule has 27 heavy (non-hydrogen) atoms. The number of carbonyl (C=O) groups excluding carboxylic acids is 2. The van der Waals surface area contributed by atoms with E-state index in [0.29, 0.717) is 28.4 Å². The van der Waals surface area contributed by atoms with E-state index in [2.05, 4.69) is 10.6 Å². The quantitative estimate of drug-likeness (QED) is 0.695. The number of amides is 2. The third kappa shape index (κ3) is 4.78. The van der Waals surface area contributed by atoms with Crippen LogP contribution in [0.15, 0.2) is 42.5 Å². The summed E-state index contributed by atoms with van der Waals surface area (Å²) in [4.78, 5) is 25.0. The largest absolute Gasteiger partial charge is 0.497 e. The van der Waals surface area contributed by atoms with Crippen LogP contribution in [0.5, 0.6) is 5.75 Å². The number of rotatable bonds is 5. The van der Waals surface area contributed by atoms with Crippen LogP contribution in [0.25, 0.3) is 0 Å². The first kappa shape index (κ1) is 18.8. The van der Waals surface area contributed by atoms with Crippen molar-refractivity contribution in [3.63, 3.8) is 0 Å². The molecule has 1 saturated carbocycles. The molecule has 0 spiro atoms. The van der Waals surface area contributed by atoms with Crippen LogP contribution in [-0.2, 0) is 4.79 Å². The minimum Gasteiger partial charge on any atom is -0.497 e. The molecule has 0 unspecified atom stereocenters. The van der Waals surface area contributed by atoms with Crippen molar-refractivity contribution in [2.45, 2.75) is 32.1 Å². The number of nitrogens with two attached hydrogens (primary N) is 1. The van der Waals surface area contributed by atoms with Crippen LogP contribution in [0.4, 0.5) is 17.1 Å². The predicted octanol–water partition coefficient (Wildman–Crippen LogP) is 4.05. The van der Waals surface area contributed by atoms with Gasteiger partial charge >= 0.3 is 0 Å². The Kier molecular flexibility index (Phi) is 5.96. The van der Waals surface area contributed by atoms with Gasteiger partial charge in [0.2, 0.25) is 5.91 Å². The van der Waals surface area contributed by atoms with E-state index < -0.39 is 0 Å². The molecule has 0 aromatic heterocycles. The number of carbonyl (C=O) groups is 2. The molecule has 2 aromatic rings. The smallest absolute Gasteiger partial charge is 0.255 e. The summed E-state index contributed by atoms with van der Waals surface area (Å²) in [7, 11) is 1.55. The summed E-state index contributed by atoms with van der Waals surface area (Å²) >= 11 is 0. The summed E-state index contributed by atoms with van der Waals surface area (Å²) in [5, 5.41) is 5.73. The molecule has 1 aliphatic rings. The third-order valence-electron chi connectivity index (χ3n) is 4.88. The van der Waals surface area contributed by atoms with E-state index in [-0.39, 0.29) is 17.7 Å². The van der Waals surface area contributed by atoms with Crippen molar-refractivity contribution in [2.75, 3.05) is 23.5 Å². The standard InChI is InChI=1S/C21H25N3O3/c1-27-17-10-11-18(22)19(13-17)24-21(26)15-8-5-9-16(12-15)23-20(25)14-6-3-2-4-7-14/h5,8-14H,2-4,6-7,22H2,1H3,(H,23,25)(H,24,26). The fourth-order valence-corrected chi connectivity index (χ4v) is 3.31. The lowest BCUT2D eigenvalue weighted by molar-refractivity contribution is -0.120. The number of anilines is 3. The summed E-state index contributed by atoms with van der Waals surface area (Å²) in [5.41, 5.74) is 7.92. The van der Waals surface area contributed by atoms with E-state index in [0.717, 1.165) is 25.7 Å². The Labute approximate surface area is 159 Å². The second-order valence-corrected chi connectivity index (χ2v) is 6.81. The zero-order valence-corrected chi connectivity index (χ0v) is 15.5. The van der Waals surface area contributed by atoms with Crippen LogP contribution in [0.1, 0.15) is 42.5 Å². The Hall–Kier alpha value is -3.02. The minimum absolute atomic E-state index is 0.0318. The highest BCUT2D eigenvalue weighted by molar-refractivity contribution is 6.06. The molecule has 0 aliphatic heterocycles. The lowest BCUT2D eigenvalue weighted by atomic mass is 9.88. The third-order valence-corrected chi connectivity index (χ3v) is 4.88. The predicted molar refractivity (Wildman–Crippen MR) is 107 cm³/mol. The summed E-state index contributed by atoms with van der Waals surface area (Å²) in [5.74, 6) is 0.397. The molecule has 0 atom stereocenters. The Bertz CT molecular complexity index is 829. The van der Waals surface area contributed by atoms with Gasteiger partial charge in [0.25, 0.3) is 5.91 Å². The molecule has 6 nitrogen and oxygen atoms in total. The molecule has 1 aliphatic carbocycles. The molecule has 0 heterocycles. The van der Waals surface area contributed by atoms with Crippen molar-refractivity contribution in [2.24, 2.45) is 5.92 Å². The maximum atomic E-state index is 12.6. The minimum atomic E-state index is -0.302. The Morgan fingerprint density at radius 3 is 2.56 bits per heavy atom. The van der Waals surface area contributed by atoms with Gasteiger partial charge in [-0.2, -0.15) is 0 Å². The van der Waals surface area contributed by atoms with E-state index in [9.17, 15) is 9.59 Å². The number of nitrogens with one attached hydrogen (secondary N) is 2. The molecule has 0 bridgehead atoms. The second kappa shape index (κ2) is 8.58. The van der Waals surface area contributed by atoms with E-state index in [1.54, 1.807) is 49.6 Å². The Morgan fingerprint density at radius 2 is 1.81 bits per heavy atom. The molecule has 2 aromatic carbocycles. The van der Waals surface area contributed by atoms with Crippen LogP contribution >= 0.6 is 0 Å². The normalized spacial score (nSPS) is 14.4. The molecular weight excluding hydrogens is 342 g/mol. The average molecular weight is 367 g/mol. The molecular formula is C21H25N3O3. The van der Waals surface area contributed by atoms with Crippen molar-refractivity contribution in [3.8, 4) is 5.75 Å². The maximum Gasteiger partial charge on any atom is 0.255 e. The number of nitrogen functional groups attached to an aromatic ring is 1. The number of hydrogen-bond acceptors (Lipinski definition) is 4. The van der Waals surface area contributed by atoms with Crippen LogP contribution in [0.3, 0.4) is 0 Å². The number of benzene rings is 2. The number of hydrogen-bond donors (Lipinski definition) is 3. The number of ether oxygens (including phenoxy) is 1. The fourth-order valence-electron chi connectivity index (χ4n) is 3.31. The number of methoxy groups -OCH3 is 1. The van der Waals surface area contributed by atoms with E-state index >= 15 is 0 Å². The van der Waals surface area contributed by atoms with Gasteiger partial charge in [0, 0.05) is 23.2 Å². The Morgan fingerprint density at radius 1 is 1.04 bits per heavy atom. The zero-order valence-electron chi connectivity index (χ0n) is 15.5. The summed E-state index contributed by atoms with van der Waals surface area (Å²) in [6, 6.07) is 12.0. The van der Waals surface area contributed by atoms with Gasteiger partial charge in [-0.1, -0.05) is 25.3 Å². The molecule has 0 radical (unpaired) electrons. The molecule has 2 amide bonds. The highest BCUT2D eigenvalue weighted by Gasteiger charge is 2.21. The van der Waals surface area contributed by atoms with Crippen LogP contribution < -0.4 is 21.1 Å². The summed E-state index contributed by atoms with van der Waals surface area (Å²) in [6.07, 6.45) is 5.26.